The first-order valence-corrected chi connectivity index (χ1v) is 21.4. The molecule has 0 amide bonds. The maximum Gasteiger partial charge on any atom is 0.346 e. The smallest absolute Gasteiger partial charge is 0.346 e. The monoisotopic (exact) mass is 787 g/mol. The number of unbranched alkanes of at least 4 members (excludes halogenated alkanes) is 9. The van der Waals surface area contributed by atoms with Gasteiger partial charge in [-0.3, -0.25) is 4.79 Å². The molecule has 1 N–H and O–H groups in total. The molecule has 6 rings (SSSR count). The zero-order valence-corrected chi connectivity index (χ0v) is 35.6. The highest BCUT2D eigenvalue weighted by atomic mass is 16.4. The minimum atomic E-state index is -1.26. The van der Waals surface area contributed by atoms with E-state index < -0.39 is 11.4 Å². The molecule has 3 aromatic rings. The number of carboxylic acid groups (broad SMARTS) is 1. The van der Waals surface area contributed by atoms with Crippen LogP contribution in [0.3, 0.4) is 0 Å². The summed E-state index contributed by atoms with van der Waals surface area (Å²) in [5.41, 5.74) is 7.89. The fraction of sp³-hybridized carbons (Fsp3) is 0.385. The standard InChI is InChI=1S/C52H57N3O4/c1-7-9-10-11-12-13-14-15-16-19-30-55-45-29-28-38(27-24-36-22-25-37(26-23-36)31-39(35-53)50(58)59)32-43(45)52(5,6)47(55)34-41-48(56)40(49(41)57)33-46-51(3,4)42-20-17-18-21-44(42)54(46)8-2/h17-18,20-23,25-26,28-29,31-34H,7-16,19,30H2,1-6H3,(H-,56,57,58,59)/b39-31-. The SMILES string of the molecule is CCCCCCCCCCCC[N+]1=C(/C=C2/C(=O)C(/C=C3\N(CC)c4ccccc4C3(C)C)=C2[O-])C(C)(C)c2cc(C#Cc3ccc(/C=C(/C#N)C(=O)O)cc3)ccc21. The van der Waals surface area contributed by atoms with Crippen molar-refractivity contribution in [3.05, 3.63) is 135 Å². The van der Waals surface area contributed by atoms with Crippen LogP contribution in [0.1, 0.15) is 134 Å². The molecule has 1 aliphatic carbocycles. The molecule has 59 heavy (non-hydrogen) atoms. The molecule has 0 saturated carbocycles. The van der Waals surface area contributed by atoms with Gasteiger partial charge in [0.15, 0.2) is 11.5 Å². The number of para-hydroxylation sites is 1. The summed E-state index contributed by atoms with van der Waals surface area (Å²) in [6.45, 7) is 14.5. The van der Waals surface area contributed by atoms with Gasteiger partial charge in [-0.15, -0.1) is 0 Å². The number of carbonyl (C=O) groups is 2. The Morgan fingerprint density at radius 2 is 1.44 bits per heavy atom. The van der Waals surface area contributed by atoms with Gasteiger partial charge < -0.3 is 15.1 Å². The van der Waals surface area contributed by atoms with Crippen LogP contribution in [-0.2, 0) is 20.4 Å². The Kier molecular flexibility index (Phi) is 13.3. The number of aliphatic carboxylic acids is 1. The number of hydrogen-bond acceptors (Lipinski definition) is 5. The summed E-state index contributed by atoms with van der Waals surface area (Å²) in [6.07, 6.45) is 17.4. The second-order valence-electron chi connectivity index (χ2n) is 17.0. The van der Waals surface area contributed by atoms with Crippen molar-refractivity contribution in [3.8, 4) is 17.9 Å². The number of carbonyl (C=O) groups excluding carboxylic acids is 1. The van der Waals surface area contributed by atoms with Gasteiger partial charge in [-0.2, -0.15) is 9.84 Å². The average molecular weight is 788 g/mol. The van der Waals surface area contributed by atoms with E-state index in [-0.39, 0.29) is 33.7 Å². The number of Topliss-reactive ketones (excluding diaryl/α,β-unsaturated/α-hetero) is 1. The van der Waals surface area contributed by atoms with Crippen LogP contribution in [0.2, 0.25) is 0 Å². The van der Waals surface area contributed by atoms with Crippen molar-refractivity contribution in [1.29, 1.82) is 5.26 Å². The first-order valence-electron chi connectivity index (χ1n) is 21.4. The highest BCUT2D eigenvalue weighted by Crippen LogP contribution is 2.49. The molecule has 3 aliphatic rings. The molecule has 2 heterocycles. The number of ketones is 1. The van der Waals surface area contributed by atoms with Crippen molar-refractivity contribution in [1.82, 2.24) is 0 Å². The zero-order valence-electron chi connectivity index (χ0n) is 35.6. The molecule has 0 unspecified atom stereocenters. The third-order valence-electron chi connectivity index (χ3n) is 12.2. The van der Waals surface area contributed by atoms with Crippen molar-refractivity contribution >= 4 is 34.9 Å². The molecule has 7 nitrogen and oxygen atoms in total. The molecule has 0 bridgehead atoms. The average Bonchev–Trinajstić information content (AvgIpc) is 3.58. The lowest BCUT2D eigenvalue weighted by Crippen LogP contribution is -2.35. The van der Waals surface area contributed by atoms with Gasteiger partial charge in [0.1, 0.15) is 18.2 Å². The molecule has 0 radical (unpaired) electrons. The normalized spacial score (nSPS) is 17.8. The van der Waals surface area contributed by atoms with E-state index in [9.17, 15) is 19.8 Å². The summed E-state index contributed by atoms with van der Waals surface area (Å²) in [4.78, 5) is 27.4. The summed E-state index contributed by atoms with van der Waals surface area (Å²) in [7, 11) is 0. The Balaban J connectivity index is 1.28. The molecular formula is C52H57N3O4. The van der Waals surface area contributed by atoms with E-state index in [1.807, 2.05) is 30.4 Å². The highest BCUT2D eigenvalue weighted by molar-refractivity contribution is 6.24. The van der Waals surface area contributed by atoms with Gasteiger partial charge in [0, 0.05) is 69.7 Å². The van der Waals surface area contributed by atoms with Crippen LogP contribution in [-0.4, -0.2) is 40.2 Å². The van der Waals surface area contributed by atoms with E-state index in [1.165, 1.54) is 63.0 Å². The summed E-state index contributed by atoms with van der Waals surface area (Å²) >= 11 is 0. The highest BCUT2D eigenvalue weighted by Gasteiger charge is 2.46. The third kappa shape index (κ3) is 8.91. The lowest BCUT2D eigenvalue weighted by atomic mass is 9.77. The first-order chi connectivity index (χ1) is 28.3. The van der Waals surface area contributed by atoms with Gasteiger partial charge in [0.2, 0.25) is 5.69 Å². The summed E-state index contributed by atoms with van der Waals surface area (Å²) in [5, 5.41) is 32.3. The van der Waals surface area contributed by atoms with Crippen LogP contribution in [0.4, 0.5) is 11.4 Å². The molecule has 0 spiro atoms. The predicted octanol–water partition coefficient (Wildman–Crippen LogP) is 10.2. The molecule has 0 atom stereocenters. The Bertz CT molecular complexity index is 2380. The van der Waals surface area contributed by atoms with Crippen LogP contribution in [0.25, 0.3) is 6.08 Å². The number of rotatable bonds is 16. The van der Waals surface area contributed by atoms with E-state index >= 15 is 0 Å². The molecule has 0 saturated heterocycles. The molecular weight excluding hydrogens is 731 g/mol. The van der Waals surface area contributed by atoms with Crippen molar-refractivity contribution < 1.29 is 24.4 Å². The van der Waals surface area contributed by atoms with Crippen LogP contribution in [0.5, 0.6) is 0 Å². The number of likely N-dealkylation sites (N-methyl/N-ethyl adjacent to an activating group) is 1. The molecule has 304 valence electrons. The predicted molar refractivity (Wildman–Crippen MR) is 235 cm³/mol. The third-order valence-corrected chi connectivity index (χ3v) is 12.2. The zero-order chi connectivity index (χ0) is 42.3. The molecule has 2 aliphatic heterocycles. The van der Waals surface area contributed by atoms with E-state index in [0.29, 0.717) is 5.56 Å². The molecule has 3 aromatic carbocycles. The summed E-state index contributed by atoms with van der Waals surface area (Å²) in [6, 6.07) is 23.3. The van der Waals surface area contributed by atoms with Gasteiger partial charge in [-0.25, -0.2) is 4.79 Å². The van der Waals surface area contributed by atoms with Crippen molar-refractivity contribution in [3.63, 3.8) is 0 Å². The van der Waals surface area contributed by atoms with E-state index in [0.717, 1.165) is 65.4 Å². The van der Waals surface area contributed by atoms with Crippen molar-refractivity contribution in [2.45, 2.75) is 117 Å². The number of carboxylic acids is 1. The number of hydrogen-bond donors (Lipinski definition) is 1. The van der Waals surface area contributed by atoms with Crippen LogP contribution < -0.4 is 10.0 Å². The largest absolute Gasteiger partial charge is 0.871 e. The molecule has 0 fully saturated rings. The lowest BCUT2D eigenvalue weighted by molar-refractivity contribution is -0.438. The molecule has 0 aromatic heterocycles. The van der Waals surface area contributed by atoms with E-state index in [2.05, 4.69) is 87.1 Å². The van der Waals surface area contributed by atoms with Gasteiger partial charge in [0.25, 0.3) is 0 Å². The summed E-state index contributed by atoms with van der Waals surface area (Å²) in [5.74, 6) is 4.84. The van der Waals surface area contributed by atoms with E-state index in [4.69, 9.17) is 5.26 Å². The number of benzene rings is 3. The number of fused-ring (bicyclic) bond motifs is 2. The van der Waals surface area contributed by atoms with Crippen LogP contribution in [0, 0.1) is 23.2 Å². The second kappa shape index (κ2) is 18.3. The van der Waals surface area contributed by atoms with Gasteiger partial charge in [-0.05, 0) is 80.8 Å². The Morgan fingerprint density at radius 3 is 2.07 bits per heavy atom. The van der Waals surface area contributed by atoms with Gasteiger partial charge >= 0.3 is 5.97 Å². The van der Waals surface area contributed by atoms with Crippen molar-refractivity contribution in [2.24, 2.45) is 0 Å². The fourth-order valence-corrected chi connectivity index (χ4v) is 8.74. The van der Waals surface area contributed by atoms with E-state index in [1.54, 1.807) is 30.3 Å². The Morgan fingerprint density at radius 1 is 0.814 bits per heavy atom. The van der Waals surface area contributed by atoms with Crippen LogP contribution in [0.15, 0.2) is 107 Å². The quantitative estimate of drug-likeness (QED) is 0.0509. The number of allylic oxidation sites excluding steroid dienone is 5. The first kappa shape index (κ1) is 42.7. The topological polar surface area (TPSA) is 107 Å². The lowest BCUT2D eigenvalue weighted by Gasteiger charge is -2.32. The van der Waals surface area contributed by atoms with Crippen molar-refractivity contribution in [2.75, 3.05) is 18.0 Å². The summed E-state index contributed by atoms with van der Waals surface area (Å²) < 4.78 is 2.32. The maximum atomic E-state index is 14.0. The Labute approximate surface area is 350 Å². The fourth-order valence-electron chi connectivity index (χ4n) is 8.74. The number of nitriles is 1. The minimum absolute atomic E-state index is 0.205. The maximum absolute atomic E-state index is 14.0. The number of nitrogens with zero attached hydrogens (tertiary/aromatic N) is 3. The van der Waals surface area contributed by atoms with Gasteiger partial charge in [-0.1, -0.05) is 120 Å². The Hall–Kier alpha value is -5.92. The minimum Gasteiger partial charge on any atom is -0.871 e. The van der Waals surface area contributed by atoms with Gasteiger partial charge in [0.05, 0.1) is 5.41 Å². The second-order valence-corrected chi connectivity index (χ2v) is 17.0. The van der Waals surface area contributed by atoms with Crippen LogP contribution >= 0.6 is 0 Å². The molecule has 7 heteroatoms. The number of anilines is 1.